The highest BCUT2D eigenvalue weighted by Crippen LogP contribution is 2.38. The van der Waals surface area contributed by atoms with Crippen LogP contribution in [0.15, 0.2) is 201 Å². The maximum absolute atomic E-state index is 6.50. The molecular weight excluding hydrogens is 701 g/mol. The summed E-state index contributed by atoms with van der Waals surface area (Å²) in [7, 11) is 0. The molecule has 10 aromatic rings. The fourth-order valence-electron chi connectivity index (χ4n) is 7.48. The Kier molecular flexibility index (Phi) is 8.57. The Balaban J connectivity index is 1.12. The lowest BCUT2D eigenvalue weighted by molar-refractivity contribution is 0.667. The monoisotopic (exact) mass is 734 g/mol. The molecule has 0 saturated heterocycles. The van der Waals surface area contributed by atoms with Gasteiger partial charge in [-0.25, -0.2) is 20.0 Å². The van der Waals surface area contributed by atoms with Crippen molar-refractivity contribution in [1.29, 1.82) is 0 Å². The van der Waals surface area contributed by atoms with Gasteiger partial charge in [-0.1, -0.05) is 146 Å². The zero-order valence-corrected chi connectivity index (χ0v) is 30.8. The van der Waals surface area contributed by atoms with Gasteiger partial charge in [0.15, 0.2) is 23.1 Å². The van der Waals surface area contributed by atoms with Gasteiger partial charge in [0.2, 0.25) is 0 Å². The molecule has 0 bridgehead atoms. The molecule has 10 rings (SSSR count). The summed E-state index contributed by atoms with van der Waals surface area (Å²) in [6.45, 7) is 4.28. The number of aromatic nitrogens is 3. The summed E-state index contributed by atoms with van der Waals surface area (Å²) in [5, 5.41) is 3.29. The van der Waals surface area contributed by atoms with Gasteiger partial charge in [0.1, 0.15) is 16.8 Å². The van der Waals surface area contributed by atoms with Crippen LogP contribution >= 0.6 is 0 Å². The highest BCUT2D eigenvalue weighted by Gasteiger charge is 2.20. The minimum absolute atomic E-state index is 0.461. The molecule has 3 aromatic heterocycles. The molecule has 7 nitrogen and oxygen atoms in total. The molecule has 0 amide bonds. The predicted octanol–water partition coefficient (Wildman–Crippen LogP) is 11.9. The molecule has 7 heteroatoms. The minimum atomic E-state index is 0.461. The maximum atomic E-state index is 6.50. The van der Waals surface area contributed by atoms with Crippen LogP contribution in [0.4, 0.5) is 0 Å². The van der Waals surface area contributed by atoms with E-state index in [1.54, 1.807) is 0 Å². The van der Waals surface area contributed by atoms with Crippen molar-refractivity contribution in [2.45, 2.75) is 6.54 Å². The zero-order valence-electron chi connectivity index (χ0n) is 30.8. The first kappa shape index (κ1) is 33.8. The van der Waals surface area contributed by atoms with E-state index in [-0.39, 0.29) is 0 Å². The fourth-order valence-corrected chi connectivity index (χ4v) is 7.48. The molecule has 0 unspecified atom stereocenters. The second-order valence-electron chi connectivity index (χ2n) is 13.8. The van der Waals surface area contributed by atoms with Crippen LogP contribution in [0.3, 0.4) is 0 Å². The lowest BCUT2D eigenvalue weighted by atomic mass is 10.1. The van der Waals surface area contributed by atoms with E-state index < -0.39 is 0 Å². The van der Waals surface area contributed by atoms with E-state index in [0.717, 1.165) is 61.0 Å². The number of benzene rings is 7. The van der Waals surface area contributed by atoms with E-state index >= 15 is 0 Å². The highest BCUT2D eigenvalue weighted by molar-refractivity contribution is 6.13. The van der Waals surface area contributed by atoms with Crippen molar-refractivity contribution in [2.75, 3.05) is 0 Å². The number of fused-ring (bicyclic) bond motifs is 6. The Hall–Kier alpha value is -7.77. The summed E-state index contributed by atoms with van der Waals surface area (Å²) >= 11 is 0. The molecule has 7 aromatic carbocycles. The second kappa shape index (κ2) is 14.5. The second-order valence-corrected chi connectivity index (χ2v) is 13.8. The van der Waals surface area contributed by atoms with Crippen LogP contribution in [0, 0.1) is 0 Å². The van der Waals surface area contributed by atoms with Crippen molar-refractivity contribution in [3.63, 3.8) is 0 Å². The number of amidine groups is 2. The highest BCUT2D eigenvalue weighted by atomic mass is 16.3. The summed E-state index contributed by atoms with van der Waals surface area (Å²) in [5.74, 6) is 1.66. The first-order valence-corrected chi connectivity index (χ1v) is 18.8. The first-order chi connectivity index (χ1) is 28.2. The van der Waals surface area contributed by atoms with Crippen molar-refractivity contribution in [1.82, 2.24) is 14.5 Å². The number of hydrogen-bond donors (Lipinski definition) is 0. The molecule has 0 aliphatic rings. The van der Waals surface area contributed by atoms with Crippen molar-refractivity contribution in [2.24, 2.45) is 15.0 Å². The number of rotatable bonds is 7. The Morgan fingerprint density at radius 1 is 0.561 bits per heavy atom. The molecule has 0 N–H and O–H groups in total. The smallest absolute Gasteiger partial charge is 0.180 e. The normalized spacial score (nSPS) is 12.2. The van der Waals surface area contributed by atoms with Gasteiger partial charge < -0.3 is 8.98 Å². The summed E-state index contributed by atoms with van der Waals surface area (Å²) in [5.41, 5.74) is 10.7. The Labute approximate surface area is 328 Å². The van der Waals surface area contributed by atoms with Crippen molar-refractivity contribution in [3.05, 3.63) is 199 Å². The molecule has 0 saturated carbocycles. The standard InChI is InChI=1S/C50H34N6O/c1-51-48(35-17-7-3-8-18-35)55-49(52-32-33-15-5-2-6-16-33)36-27-25-34(26-28-36)45-47-46(41-22-12-14-24-44(41)57-47)54-50(53-45)37-29-30-40-39-21-11-13-23-42(39)56(43(40)31-37)38-19-9-4-10-20-38/h2-31H,1,32H2. The van der Waals surface area contributed by atoms with Crippen LogP contribution in [-0.4, -0.2) is 32.9 Å². The van der Waals surface area contributed by atoms with E-state index in [1.165, 1.54) is 10.8 Å². The fraction of sp³-hybridized carbons (Fsp3) is 0.0200. The molecule has 0 spiro atoms. The van der Waals surface area contributed by atoms with Gasteiger partial charge in [-0.15, -0.1) is 0 Å². The van der Waals surface area contributed by atoms with E-state index in [1.807, 2.05) is 103 Å². The third-order valence-corrected chi connectivity index (χ3v) is 10.2. The Bertz CT molecular complexity index is 3150. The Morgan fingerprint density at radius 2 is 1.19 bits per heavy atom. The average Bonchev–Trinajstić information content (AvgIpc) is 3.83. The zero-order chi connectivity index (χ0) is 38.1. The van der Waals surface area contributed by atoms with E-state index in [2.05, 4.69) is 95.1 Å². The van der Waals surface area contributed by atoms with E-state index in [4.69, 9.17) is 24.4 Å². The number of furan rings is 1. The van der Waals surface area contributed by atoms with Crippen LogP contribution in [0.1, 0.15) is 16.7 Å². The molecular formula is C50H34N6O. The average molecular weight is 735 g/mol. The number of para-hydroxylation sites is 3. The van der Waals surface area contributed by atoms with Crippen molar-refractivity contribution < 1.29 is 4.42 Å². The third-order valence-electron chi connectivity index (χ3n) is 10.2. The summed E-state index contributed by atoms with van der Waals surface area (Å²) in [6, 6.07) is 61.6. The molecule has 0 radical (unpaired) electrons. The van der Waals surface area contributed by atoms with E-state index in [9.17, 15) is 0 Å². The molecule has 0 fully saturated rings. The van der Waals surface area contributed by atoms with Gasteiger partial charge in [-0.3, -0.25) is 4.99 Å². The van der Waals surface area contributed by atoms with Crippen LogP contribution in [0.5, 0.6) is 0 Å². The van der Waals surface area contributed by atoms with E-state index in [0.29, 0.717) is 35.3 Å². The van der Waals surface area contributed by atoms with Crippen LogP contribution in [0.25, 0.3) is 72.2 Å². The molecule has 57 heavy (non-hydrogen) atoms. The van der Waals surface area contributed by atoms with Crippen LogP contribution in [0.2, 0.25) is 0 Å². The van der Waals surface area contributed by atoms with Gasteiger partial charge in [0.25, 0.3) is 0 Å². The van der Waals surface area contributed by atoms with Crippen molar-refractivity contribution in [3.8, 4) is 28.3 Å². The van der Waals surface area contributed by atoms with Gasteiger partial charge in [-0.05, 0) is 48.7 Å². The SMILES string of the molecule is C=NC(=NC(=NCc1ccccc1)c1ccc(-c2nc(-c3ccc4c5ccccc5n(-c5ccccc5)c4c3)nc3c2oc2ccccc23)cc1)c1ccccc1. The summed E-state index contributed by atoms with van der Waals surface area (Å²) in [6.07, 6.45) is 0. The third kappa shape index (κ3) is 6.27. The predicted molar refractivity (Wildman–Crippen MR) is 234 cm³/mol. The van der Waals surface area contributed by atoms with Crippen LogP contribution < -0.4 is 0 Å². The van der Waals surface area contributed by atoms with Crippen molar-refractivity contribution >= 4 is 62.3 Å². The minimum Gasteiger partial charge on any atom is -0.452 e. The molecule has 0 aliphatic heterocycles. The van der Waals surface area contributed by atoms with Gasteiger partial charge >= 0.3 is 0 Å². The quantitative estimate of drug-likeness (QED) is 0.121. The molecule has 0 aliphatic carbocycles. The largest absolute Gasteiger partial charge is 0.452 e. The molecule has 3 heterocycles. The summed E-state index contributed by atoms with van der Waals surface area (Å²) in [4.78, 5) is 24.6. The van der Waals surface area contributed by atoms with Crippen LogP contribution in [-0.2, 0) is 6.54 Å². The first-order valence-electron chi connectivity index (χ1n) is 18.8. The lowest BCUT2D eigenvalue weighted by Gasteiger charge is -2.10. The van der Waals surface area contributed by atoms with Gasteiger partial charge in [0, 0.05) is 44.1 Å². The number of nitrogens with zero attached hydrogens (tertiary/aromatic N) is 6. The molecule has 0 atom stereocenters. The summed E-state index contributed by atoms with van der Waals surface area (Å²) < 4.78 is 8.81. The topological polar surface area (TPSA) is 80.9 Å². The number of aliphatic imine (C=N–C) groups is 3. The lowest BCUT2D eigenvalue weighted by Crippen LogP contribution is -2.05. The number of hydrogen-bond acceptors (Lipinski definition) is 4. The molecule has 270 valence electrons. The Morgan fingerprint density at radius 3 is 1.96 bits per heavy atom. The van der Waals surface area contributed by atoms with Gasteiger partial charge in [0.05, 0.1) is 17.6 Å². The maximum Gasteiger partial charge on any atom is 0.180 e. The van der Waals surface area contributed by atoms with Gasteiger partial charge in [-0.2, -0.15) is 0 Å².